The van der Waals surface area contributed by atoms with Gasteiger partial charge in [-0.25, -0.2) is 0 Å². The minimum Gasteiger partial charge on any atom is -0.508 e. The van der Waals surface area contributed by atoms with Gasteiger partial charge in [0.2, 0.25) is 11.8 Å². The Bertz CT molecular complexity index is 863. The number of hydrogen-bond donors (Lipinski definition) is 1. The van der Waals surface area contributed by atoms with E-state index in [1.54, 1.807) is 47.2 Å². The van der Waals surface area contributed by atoms with Gasteiger partial charge in [-0.1, -0.05) is 6.07 Å². The summed E-state index contributed by atoms with van der Waals surface area (Å²) < 4.78 is 16.2. The van der Waals surface area contributed by atoms with Gasteiger partial charge in [-0.2, -0.15) is 0 Å². The zero-order chi connectivity index (χ0) is 22.1. The summed E-state index contributed by atoms with van der Waals surface area (Å²) in [5.74, 6) is 2.11. The molecule has 8 nitrogen and oxygen atoms in total. The van der Waals surface area contributed by atoms with Crippen LogP contribution in [0.15, 0.2) is 48.5 Å². The van der Waals surface area contributed by atoms with Gasteiger partial charge >= 0.3 is 0 Å². The Morgan fingerprint density at radius 2 is 1.32 bits per heavy atom. The maximum Gasteiger partial charge on any atom is 0.226 e. The molecule has 0 unspecified atom stereocenters. The Labute approximate surface area is 181 Å². The zero-order valence-electron chi connectivity index (χ0n) is 17.7. The van der Waals surface area contributed by atoms with Crippen LogP contribution in [0.3, 0.4) is 0 Å². The summed E-state index contributed by atoms with van der Waals surface area (Å²) in [6, 6.07) is 13.7. The molecule has 166 valence electrons. The van der Waals surface area contributed by atoms with Crippen LogP contribution >= 0.6 is 0 Å². The summed E-state index contributed by atoms with van der Waals surface area (Å²) in [7, 11) is 1.60. The highest BCUT2D eigenvalue weighted by atomic mass is 16.5. The molecule has 3 rings (SSSR count). The summed E-state index contributed by atoms with van der Waals surface area (Å²) in [5, 5.41) is 9.43. The second-order valence-electron chi connectivity index (χ2n) is 7.13. The molecule has 0 spiro atoms. The molecule has 1 aliphatic rings. The molecule has 0 aromatic heterocycles. The van der Waals surface area contributed by atoms with Crippen molar-refractivity contribution in [1.29, 1.82) is 0 Å². The summed E-state index contributed by atoms with van der Waals surface area (Å²) >= 11 is 0. The number of carbonyl (C=O) groups is 2. The van der Waals surface area contributed by atoms with Crippen molar-refractivity contribution >= 4 is 11.8 Å². The van der Waals surface area contributed by atoms with Crippen LogP contribution in [0.1, 0.15) is 12.8 Å². The normalized spacial score (nSPS) is 13.6. The number of methoxy groups -OCH3 is 1. The first-order chi connectivity index (χ1) is 15.0. The van der Waals surface area contributed by atoms with Crippen LogP contribution < -0.4 is 14.2 Å². The van der Waals surface area contributed by atoms with E-state index in [2.05, 4.69) is 0 Å². The van der Waals surface area contributed by atoms with Crippen molar-refractivity contribution in [2.24, 2.45) is 0 Å². The molecule has 1 N–H and O–H groups in total. The quantitative estimate of drug-likeness (QED) is 0.659. The number of amides is 2. The number of phenolic OH excluding ortho intramolecular Hbond substituents is 1. The fourth-order valence-corrected chi connectivity index (χ4v) is 3.28. The minimum absolute atomic E-state index is 0.00455. The van der Waals surface area contributed by atoms with Crippen molar-refractivity contribution in [3.05, 3.63) is 48.5 Å². The minimum atomic E-state index is -0.00455. The van der Waals surface area contributed by atoms with Crippen LogP contribution in [0, 0.1) is 0 Å². The maximum absolute atomic E-state index is 12.4. The van der Waals surface area contributed by atoms with E-state index in [1.807, 2.05) is 12.1 Å². The molecule has 2 amide bonds. The van der Waals surface area contributed by atoms with Crippen molar-refractivity contribution < 1.29 is 28.9 Å². The number of phenols is 1. The van der Waals surface area contributed by atoms with Crippen LogP contribution in [-0.2, 0) is 9.59 Å². The van der Waals surface area contributed by atoms with E-state index in [0.29, 0.717) is 44.3 Å². The predicted molar refractivity (Wildman–Crippen MR) is 114 cm³/mol. The van der Waals surface area contributed by atoms with E-state index in [-0.39, 0.29) is 37.0 Å². The average Bonchev–Trinajstić information content (AvgIpc) is 2.79. The van der Waals surface area contributed by atoms with Crippen LogP contribution in [0.4, 0.5) is 0 Å². The fourth-order valence-electron chi connectivity index (χ4n) is 3.28. The first-order valence-corrected chi connectivity index (χ1v) is 10.3. The Morgan fingerprint density at radius 1 is 0.806 bits per heavy atom. The van der Waals surface area contributed by atoms with Gasteiger partial charge in [0.25, 0.3) is 0 Å². The third-order valence-corrected chi connectivity index (χ3v) is 5.03. The molecule has 1 aliphatic heterocycles. The molecule has 0 atom stereocenters. The van der Waals surface area contributed by atoms with E-state index in [0.717, 1.165) is 5.75 Å². The molecule has 0 radical (unpaired) electrons. The highest BCUT2D eigenvalue weighted by Gasteiger charge is 2.23. The third-order valence-electron chi connectivity index (χ3n) is 5.03. The van der Waals surface area contributed by atoms with Gasteiger partial charge < -0.3 is 29.1 Å². The van der Waals surface area contributed by atoms with Gasteiger partial charge in [-0.3, -0.25) is 9.59 Å². The molecular formula is C23H28N2O6. The van der Waals surface area contributed by atoms with Gasteiger partial charge in [-0.05, 0) is 36.4 Å². The zero-order valence-corrected chi connectivity index (χ0v) is 17.7. The van der Waals surface area contributed by atoms with Crippen molar-refractivity contribution in [3.63, 3.8) is 0 Å². The summed E-state index contributed by atoms with van der Waals surface area (Å²) in [6.45, 7) is 2.59. The highest BCUT2D eigenvalue weighted by molar-refractivity contribution is 5.78. The van der Waals surface area contributed by atoms with Crippen LogP contribution in [0.5, 0.6) is 23.0 Å². The van der Waals surface area contributed by atoms with E-state index in [4.69, 9.17) is 14.2 Å². The molecule has 0 aliphatic carbocycles. The number of hydrogen-bond acceptors (Lipinski definition) is 6. The molecule has 1 saturated heterocycles. The third kappa shape index (κ3) is 6.80. The summed E-state index contributed by atoms with van der Waals surface area (Å²) in [5.41, 5.74) is 0. The molecule has 31 heavy (non-hydrogen) atoms. The molecule has 0 bridgehead atoms. The molecule has 1 fully saturated rings. The lowest BCUT2D eigenvalue weighted by atomic mass is 10.2. The highest BCUT2D eigenvalue weighted by Crippen LogP contribution is 2.18. The Balaban J connectivity index is 1.32. The number of benzene rings is 2. The van der Waals surface area contributed by atoms with E-state index in [1.165, 1.54) is 6.07 Å². The Kier molecular flexibility index (Phi) is 7.98. The smallest absolute Gasteiger partial charge is 0.226 e. The van der Waals surface area contributed by atoms with Crippen molar-refractivity contribution in [1.82, 2.24) is 9.80 Å². The molecule has 8 heteroatoms. The second-order valence-corrected chi connectivity index (χ2v) is 7.13. The topological polar surface area (TPSA) is 88.5 Å². The van der Waals surface area contributed by atoms with Gasteiger partial charge in [-0.15, -0.1) is 0 Å². The number of ether oxygens (including phenoxy) is 3. The molecular weight excluding hydrogens is 400 g/mol. The van der Waals surface area contributed by atoms with E-state index in [9.17, 15) is 14.7 Å². The number of rotatable bonds is 9. The lowest BCUT2D eigenvalue weighted by Crippen LogP contribution is -2.51. The molecule has 2 aromatic rings. The van der Waals surface area contributed by atoms with Crippen molar-refractivity contribution in [2.75, 3.05) is 46.5 Å². The van der Waals surface area contributed by atoms with Crippen LogP contribution in [0.25, 0.3) is 0 Å². The SMILES string of the molecule is COc1ccc(OCCC(=O)N2CCN(C(=O)CCOc3cccc(O)c3)CC2)cc1. The number of carbonyl (C=O) groups excluding carboxylic acids is 2. The molecule has 2 aromatic carbocycles. The molecule has 1 heterocycles. The Morgan fingerprint density at radius 3 is 1.84 bits per heavy atom. The first kappa shape index (κ1) is 22.3. The standard InChI is InChI=1S/C23H28N2O6/c1-29-19-5-7-20(8-6-19)30-15-9-22(27)24-11-13-25(14-12-24)23(28)10-16-31-21-4-2-3-18(26)17-21/h2-8,17,26H,9-16H2,1H3. The Hall–Kier alpha value is -3.42. The largest absolute Gasteiger partial charge is 0.508 e. The number of piperazine rings is 1. The lowest BCUT2D eigenvalue weighted by molar-refractivity contribution is -0.140. The van der Waals surface area contributed by atoms with Crippen molar-refractivity contribution in [3.8, 4) is 23.0 Å². The first-order valence-electron chi connectivity index (χ1n) is 10.3. The number of nitrogens with zero attached hydrogens (tertiary/aromatic N) is 2. The van der Waals surface area contributed by atoms with Gasteiger partial charge in [0.15, 0.2) is 0 Å². The predicted octanol–water partition coefficient (Wildman–Crippen LogP) is 2.31. The maximum atomic E-state index is 12.4. The lowest BCUT2D eigenvalue weighted by Gasteiger charge is -2.34. The van der Waals surface area contributed by atoms with E-state index < -0.39 is 0 Å². The second kappa shape index (κ2) is 11.1. The van der Waals surface area contributed by atoms with Crippen LogP contribution in [-0.4, -0.2) is 73.2 Å². The van der Waals surface area contributed by atoms with E-state index >= 15 is 0 Å². The van der Waals surface area contributed by atoms with Gasteiger partial charge in [0.1, 0.15) is 23.0 Å². The molecule has 0 saturated carbocycles. The fraction of sp³-hybridized carbons (Fsp3) is 0.391. The monoisotopic (exact) mass is 428 g/mol. The summed E-state index contributed by atoms with van der Waals surface area (Å²) in [6.07, 6.45) is 0.539. The van der Waals surface area contributed by atoms with Crippen LogP contribution in [0.2, 0.25) is 0 Å². The summed E-state index contributed by atoms with van der Waals surface area (Å²) in [4.78, 5) is 28.3. The van der Waals surface area contributed by atoms with Crippen molar-refractivity contribution in [2.45, 2.75) is 12.8 Å². The van der Waals surface area contributed by atoms with Gasteiger partial charge in [0, 0.05) is 32.2 Å². The van der Waals surface area contributed by atoms with Gasteiger partial charge in [0.05, 0.1) is 33.2 Å². The number of aromatic hydroxyl groups is 1. The average molecular weight is 428 g/mol.